The molecule has 10 rings (SSSR count). The summed E-state index contributed by atoms with van der Waals surface area (Å²) in [5.41, 5.74) is 11.4. The molecule has 0 aromatic heterocycles. The summed E-state index contributed by atoms with van der Waals surface area (Å²) < 4.78 is 25.9. The van der Waals surface area contributed by atoms with E-state index >= 15 is 0 Å². The van der Waals surface area contributed by atoms with E-state index < -0.39 is 26.0 Å². The molecule has 4 nitrogen and oxygen atoms in total. The molecule has 0 aliphatic carbocycles. The molecule has 0 aliphatic heterocycles. The minimum absolute atomic E-state index is 0. The van der Waals surface area contributed by atoms with Gasteiger partial charge in [0.2, 0.25) is 0 Å². The average molecular weight is 993 g/mol. The van der Waals surface area contributed by atoms with Gasteiger partial charge < -0.3 is 5.73 Å². The zero-order chi connectivity index (χ0) is 44.3. The maximum atomic E-state index is 9.19. The first kappa shape index (κ1) is 46.9. The molecule has 0 heterocycles. The molecule has 0 atom stereocenters. The summed E-state index contributed by atoms with van der Waals surface area (Å²) in [6.07, 6.45) is 0.715. The number of para-hydroxylation sites is 1. The van der Waals surface area contributed by atoms with Crippen molar-refractivity contribution >= 4 is 85.0 Å². The maximum Gasteiger partial charge on any atom is 0.261 e. The number of nitrogens with two attached hydrogens (primary N) is 1. The molecule has 0 spiro atoms. The second-order valence-corrected chi connectivity index (χ2v) is 20.8. The molecule has 3 N–H and O–H groups in total. The zero-order valence-electron chi connectivity index (χ0n) is 35.6. The monoisotopic (exact) mass is 992 g/mol. The molecule has 0 fully saturated rings. The van der Waals surface area contributed by atoms with Crippen molar-refractivity contribution < 1.29 is 33.4 Å². The van der Waals surface area contributed by atoms with Gasteiger partial charge in [0, 0.05) is 20.4 Å². The van der Waals surface area contributed by atoms with Crippen LogP contribution in [0.1, 0.15) is 0 Å². The predicted octanol–water partition coefficient (Wildman–Crippen LogP) is 11.4. The minimum Gasteiger partial charge on any atom is -0.406 e. The predicted molar refractivity (Wildman–Crippen MR) is 277 cm³/mol. The maximum absolute atomic E-state index is 9.19. The Morgan fingerprint density at radius 2 is 0.769 bits per heavy atom. The second kappa shape index (κ2) is 22.2. The minimum atomic E-state index is -3.67. The number of fused-ring (bicyclic) bond motifs is 2. The fraction of sp³-hybridized carbons (Fsp3) is 0.0175. The van der Waals surface area contributed by atoms with E-state index in [1.165, 1.54) is 64.5 Å². The number of rotatable bonds is 8. The third-order valence-corrected chi connectivity index (χ3v) is 15.5. The van der Waals surface area contributed by atoms with Crippen LogP contribution in [0.15, 0.2) is 243 Å². The molecule has 10 aromatic rings. The van der Waals surface area contributed by atoms with Gasteiger partial charge in [-0.25, -0.2) is 0 Å². The molecule has 0 amide bonds. The van der Waals surface area contributed by atoms with Crippen molar-refractivity contribution in [3.63, 3.8) is 0 Å². The largest absolute Gasteiger partial charge is 0.406 e. The molecule has 8 heteroatoms. The molecule has 10 aromatic carbocycles. The van der Waals surface area contributed by atoms with Crippen LogP contribution in [0.25, 0.3) is 43.8 Å². The van der Waals surface area contributed by atoms with Crippen molar-refractivity contribution in [3.05, 3.63) is 249 Å². The van der Waals surface area contributed by atoms with Crippen LogP contribution in [0.3, 0.4) is 0 Å². The molecule has 0 saturated heterocycles. The summed E-state index contributed by atoms with van der Waals surface area (Å²) in [6, 6.07) is 90.6. The zero-order valence-corrected chi connectivity index (χ0v) is 39.7. The molecule has 0 bridgehead atoms. The van der Waals surface area contributed by atoms with E-state index in [2.05, 4.69) is 200 Å². The van der Waals surface area contributed by atoms with Gasteiger partial charge in [-0.2, -0.15) is 8.42 Å². The first-order valence-electron chi connectivity index (χ1n) is 20.8. The van der Waals surface area contributed by atoms with E-state index in [0.717, 1.165) is 16.8 Å². The van der Waals surface area contributed by atoms with Crippen molar-refractivity contribution in [2.24, 2.45) is 0 Å². The first-order chi connectivity index (χ1) is 31.2. The van der Waals surface area contributed by atoms with E-state index in [9.17, 15) is 8.42 Å². The van der Waals surface area contributed by atoms with Gasteiger partial charge in [-0.1, -0.05) is 218 Å². The number of hydrogen-bond acceptors (Lipinski definition) is 3. The standard InChI is InChI=1S/C44H32P2.C12H10N.CH4O3S.Pd/c1-5-19-35(20-6-1)45(36-21-7-2-8-22-36)41-31-29-33-17-13-15-27-39(33)43(41)44-40-28-16-14-18-34(40)30-32-42(44)46(37-23-9-3-10-24-37)38-25-11-4-12-26-38;13-12-9-5-4-8-11(12)10-6-2-1-3-7-10;1-5(2,3)4;/h1-32H;1-6,8-9H,13H2;1H3,(H,2,3,4);/q;-1;;. The van der Waals surface area contributed by atoms with Crippen molar-refractivity contribution in [1.29, 1.82) is 0 Å². The van der Waals surface area contributed by atoms with E-state index in [1.807, 2.05) is 48.5 Å². The Bertz CT molecular complexity index is 2970. The van der Waals surface area contributed by atoms with Gasteiger partial charge >= 0.3 is 0 Å². The third kappa shape index (κ3) is 11.6. The Labute approximate surface area is 398 Å². The van der Waals surface area contributed by atoms with Gasteiger partial charge in [-0.15, -0.1) is 35.9 Å². The third-order valence-electron chi connectivity index (χ3n) is 10.6. The Morgan fingerprint density at radius 3 is 1.14 bits per heavy atom. The topological polar surface area (TPSA) is 80.4 Å². The molecule has 0 unspecified atom stereocenters. The summed E-state index contributed by atoms with van der Waals surface area (Å²) in [5, 5.41) is 13.3. The van der Waals surface area contributed by atoms with Gasteiger partial charge in [0.15, 0.2) is 0 Å². The van der Waals surface area contributed by atoms with Crippen molar-refractivity contribution in [3.8, 4) is 22.3 Å². The smallest absolute Gasteiger partial charge is 0.261 e. The van der Waals surface area contributed by atoms with Crippen LogP contribution in [0, 0.1) is 6.07 Å². The average Bonchev–Trinajstić information content (AvgIpc) is 3.33. The Balaban J connectivity index is 0.000000277. The van der Waals surface area contributed by atoms with Crippen LogP contribution in [-0.2, 0) is 30.5 Å². The number of hydrogen-bond donors (Lipinski definition) is 2. The molecule has 0 saturated carbocycles. The van der Waals surface area contributed by atoms with Crippen LogP contribution in [0.5, 0.6) is 0 Å². The summed E-state index contributed by atoms with van der Waals surface area (Å²) in [7, 11) is -5.37. The molecule has 324 valence electrons. The van der Waals surface area contributed by atoms with Crippen molar-refractivity contribution in [2.45, 2.75) is 0 Å². The van der Waals surface area contributed by atoms with E-state index in [1.54, 1.807) is 0 Å². The van der Waals surface area contributed by atoms with E-state index in [-0.39, 0.29) is 20.4 Å². The SMILES string of the molecule is CS(=O)(=O)O.Nc1ccccc1-c1[c-]cccc1.[Pd].c1ccc(P(c2ccccc2)c2ccc3ccccc3c2-c2c(P(c3ccccc3)c3ccccc3)ccc3ccccc23)cc1. The van der Waals surface area contributed by atoms with Crippen molar-refractivity contribution in [1.82, 2.24) is 0 Å². The van der Waals surface area contributed by atoms with E-state index in [0.29, 0.717) is 6.26 Å². The molecular formula is C57H46NO3P2PdS-. The quantitative estimate of drug-likeness (QED) is 0.0523. The molecule has 0 radical (unpaired) electrons. The van der Waals surface area contributed by atoms with Crippen LogP contribution in [0.2, 0.25) is 0 Å². The fourth-order valence-electron chi connectivity index (χ4n) is 7.88. The molecule has 65 heavy (non-hydrogen) atoms. The van der Waals surface area contributed by atoms with Crippen LogP contribution in [0.4, 0.5) is 5.69 Å². The van der Waals surface area contributed by atoms with Gasteiger partial charge in [-0.3, -0.25) is 4.55 Å². The summed E-state index contributed by atoms with van der Waals surface area (Å²) in [6.45, 7) is 0. The molecular weight excluding hydrogens is 947 g/mol. The van der Waals surface area contributed by atoms with Crippen LogP contribution >= 0.6 is 15.8 Å². The van der Waals surface area contributed by atoms with Gasteiger partial charge in [0.1, 0.15) is 0 Å². The number of benzene rings is 10. The summed E-state index contributed by atoms with van der Waals surface area (Å²) >= 11 is 0. The summed E-state index contributed by atoms with van der Waals surface area (Å²) in [5.74, 6) is 0. The van der Waals surface area contributed by atoms with Crippen molar-refractivity contribution in [2.75, 3.05) is 12.0 Å². The number of anilines is 1. The van der Waals surface area contributed by atoms with E-state index in [4.69, 9.17) is 10.3 Å². The van der Waals surface area contributed by atoms with Gasteiger partial charge in [0.05, 0.1) is 6.26 Å². The normalized spacial score (nSPS) is 11.0. The second-order valence-electron chi connectivity index (χ2n) is 15.0. The Kier molecular flexibility index (Phi) is 16.1. The van der Waals surface area contributed by atoms with Gasteiger partial charge in [0.25, 0.3) is 10.1 Å². The molecule has 0 aliphatic rings. The Morgan fingerprint density at radius 1 is 0.431 bits per heavy atom. The van der Waals surface area contributed by atoms with Crippen LogP contribution in [-0.4, -0.2) is 19.2 Å². The van der Waals surface area contributed by atoms with Gasteiger partial charge in [-0.05, 0) is 92.1 Å². The van der Waals surface area contributed by atoms with Crippen LogP contribution < -0.4 is 37.6 Å². The number of nitrogen functional groups attached to an aromatic ring is 1. The fourth-order valence-corrected chi connectivity index (χ4v) is 12.8. The summed E-state index contributed by atoms with van der Waals surface area (Å²) in [4.78, 5) is 0. The first-order valence-corrected chi connectivity index (χ1v) is 25.4. The Hall–Kier alpha value is -6.05.